The topological polar surface area (TPSA) is 43.1 Å². The lowest BCUT2D eigenvalue weighted by molar-refractivity contribution is -0.616. The Morgan fingerprint density at radius 1 is 1.22 bits per heavy atom. The van der Waals surface area contributed by atoms with Crippen LogP contribution in [0.2, 0.25) is 0 Å². The van der Waals surface area contributed by atoms with Crippen LogP contribution in [-0.2, 0) is 12.7 Å². The van der Waals surface area contributed by atoms with Gasteiger partial charge in [-0.25, -0.2) is 0 Å². The fourth-order valence-electron chi connectivity index (χ4n) is 3.57. The highest BCUT2D eigenvalue weighted by Gasteiger charge is 2.31. The fourth-order valence-corrected chi connectivity index (χ4v) is 4.67. The van der Waals surface area contributed by atoms with E-state index >= 15 is 0 Å². The van der Waals surface area contributed by atoms with Gasteiger partial charge in [0.2, 0.25) is 0 Å². The van der Waals surface area contributed by atoms with Crippen LogP contribution in [0.25, 0.3) is 10.2 Å². The summed E-state index contributed by atoms with van der Waals surface area (Å²) < 4.78 is 40.0. The molecule has 27 heavy (non-hydrogen) atoms. The molecule has 0 atom stereocenters. The number of pyridine rings is 2. The van der Waals surface area contributed by atoms with E-state index in [1.807, 2.05) is 18.2 Å². The van der Waals surface area contributed by atoms with Gasteiger partial charge in [-0.05, 0) is 38.1 Å². The second-order valence-electron chi connectivity index (χ2n) is 6.82. The van der Waals surface area contributed by atoms with Crippen molar-refractivity contribution < 1.29 is 17.9 Å². The van der Waals surface area contributed by atoms with Crippen molar-refractivity contribution in [1.29, 1.82) is 0 Å². The van der Waals surface area contributed by atoms with Crippen molar-refractivity contribution in [3.63, 3.8) is 0 Å². The minimum Gasteiger partial charge on any atom is -0.618 e. The molecular weight excluding hydrogens is 375 g/mol. The van der Waals surface area contributed by atoms with Crippen molar-refractivity contribution in [3.05, 3.63) is 64.1 Å². The largest absolute Gasteiger partial charge is 0.618 e. The molecule has 4 nitrogen and oxygen atoms in total. The second-order valence-corrected chi connectivity index (χ2v) is 7.99. The van der Waals surface area contributed by atoms with E-state index in [0.717, 1.165) is 47.4 Å². The predicted octanol–water partition coefficient (Wildman–Crippen LogP) is 4.33. The average Bonchev–Trinajstić information content (AvgIpc) is 3.03. The van der Waals surface area contributed by atoms with Crippen molar-refractivity contribution in [1.82, 2.24) is 9.88 Å². The smallest absolute Gasteiger partial charge is 0.417 e. The number of fused-ring (bicyclic) bond motifs is 1. The quantitative estimate of drug-likeness (QED) is 0.491. The van der Waals surface area contributed by atoms with Crippen LogP contribution in [-0.4, -0.2) is 23.0 Å². The SMILES string of the molecule is [O-][n+]1ccccc1C1CCN(Cc2cc3ncc(C(F)(F)F)cc3s2)CC1. The van der Waals surface area contributed by atoms with Gasteiger partial charge in [-0.15, -0.1) is 11.3 Å². The fraction of sp³-hybridized carbons (Fsp3) is 0.368. The van der Waals surface area contributed by atoms with Gasteiger partial charge in [0.1, 0.15) is 0 Å². The summed E-state index contributed by atoms with van der Waals surface area (Å²) in [5.41, 5.74) is 0.704. The molecule has 142 valence electrons. The van der Waals surface area contributed by atoms with Crippen LogP contribution in [0.1, 0.15) is 34.9 Å². The molecule has 0 spiro atoms. The van der Waals surface area contributed by atoms with Crippen LogP contribution in [0, 0.1) is 5.21 Å². The number of thiophene rings is 1. The van der Waals surface area contributed by atoms with Gasteiger partial charge in [0.15, 0.2) is 11.9 Å². The number of hydrogen-bond acceptors (Lipinski definition) is 4. The van der Waals surface area contributed by atoms with Crippen LogP contribution >= 0.6 is 11.3 Å². The summed E-state index contributed by atoms with van der Waals surface area (Å²) >= 11 is 1.36. The third kappa shape index (κ3) is 3.91. The van der Waals surface area contributed by atoms with Crippen LogP contribution in [0.3, 0.4) is 0 Å². The molecule has 4 rings (SSSR count). The second kappa shape index (κ2) is 7.09. The van der Waals surface area contributed by atoms with Crippen LogP contribution in [0.4, 0.5) is 13.2 Å². The Hall–Kier alpha value is -2.19. The number of likely N-dealkylation sites (tertiary alicyclic amines) is 1. The molecule has 0 aliphatic carbocycles. The molecule has 1 saturated heterocycles. The number of hydrogen-bond donors (Lipinski definition) is 0. The van der Waals surface area contributed by atoms with E-state index in [0.29, 0.717) is 16.8 Å². The number of alkyl halides is 3. The van der Waals surface area contributed by atoms with Crippen LogP contribution in [0.15, 0.2) is 42.7 Å². The summed E-state index contributed by atoms with van der Waals surface area (Å²) in [6.45, 7) is 2.41. The highest BCUT2D eigenvalue weighted by molar-refractivity contribution is 7.19. The van der Waals surface area contributed by atoms with Gasteiger partial charge in [0, 0.05) is 35.7 Å². The van der Waals surface area contributed by atoms with Gasteiger partial charge >= 0.3 is 6.18 Å². The Morgan fingerprint density at radius 3 is 2.70 bits per heavy atom. The van der Waals surface area contributed by atoms with E-state index in [9.17, 15) is 18.4 Å². The molecular formula is C19H18F3N3OS. The lowest BCUT2D eigenvalue weighted by Crippen LogP contribution is -2.38. The molecule has 4 heterocycles. The zero-order chi connectivity index (χ0) is 19.0. The summed E-state index contributed by atoms with van der Waals surface area (Å²) in [6.07, 6.45) is -0.159. The van der Waals surface area contributed by atoms with Gasteiger partial charge in [-0.1, -0.05) is 6.07 Å². The number of rotatable bonds is 3. The molecule has 0 N–H and O–H groups in total. The first-order chi connectivity index (χ1) is 12.9. The van der Waals surface area contributed by atoms with E-state index in [2.05, 4.69) is 9.88 Å². The standard InChI is InChI=1S/C19H18F3N3OS/c20-19(21,22)14-9-18-16(23-11-14)10-15(27-18)12-24-7-4-13(5-8-24)17-3-1-2-6-25(17)26/h1-3,6,9-11,13H,4-5,7-8,12H2. The summed E-state index contributed by atoms with van der Waals surface area (Å²) in [4.78, 5) is 7.25. The van der Waals surface area contributed by atoms with Gasteiger partial charge in [0.05, 0.1) is 15.8 Å². The highest BCUT2D eigenvalue weighted by Crippen LogP contribution is 2.34. The summed E-state index contributed by atoms with van der Waals surface area (Å²) in [7, 11) is 0. The van der Waals surface area contributed by atoms with E-state index < -0.39 is 11.7 Å². The van der Waals surface area contributed by atoms with Crippen LogP contribution < -0.4 is 4.73 Å². The zero-order valence-electron chi connectivity index (χ0n) is 14.4. The zero-order valence-corrected chi connectivity index (χ0v) is 15.3. The Bertz CT molecular complexity index is 949. The van der Waals surface area contributed by atoms with Gasteiger partial charge in [-0.3, -0.25) is 9.88 Å². The van der Waals surface area contributed by atoms with E-state index in [1.165, 1.54) is 23.6 Å². The monoisotopic (exact) mass is 393 g/mol. The molecule has 0 aromatic carbocycles. The molecule has 0 saturated carbocycles. The number of aromatic nitrogens is 2. The summed E-state index contributed by atoms with van der Waals surface area (Å²) in [5.74, 6) is 0.248. The van der Waals surface area contributed by atoms with Crippen LogP contribution in [0.5, 0.6) is 0 Å². The van der Waals surface area contributed by atoms with E-state index in [1.54, 1.807) is 6.07 Å². The lowest BCUT2D eigenvalue weighted by atomic mass is 9.93. The normalized spacial score (nSPS) is 16.9. The number of halogens is 3. The molecule has 3 aromatic heterocycles. The highest BCUT2D eigenvalue weighted by atomic mass is 32.1. The van der Waals surface area contributed by atoms with Gasteiger partial charge in [-0.2, -0.15) is 17.9 Å². The molecule has 0 unspecified atom stereocenters. The molecule has 0 radical (unpaired) electrons. The van der Waals surface area contributed by atoms with Gasteiger partial charge < -0.3 is 5.21 Å². The summed E-state index contributed by atoms with van der Waals surface area (Å²) in [6, 6.07) is 8.53. The maximum atomic E-state index is 12.8. The Kier molecular flexibility index (Phi) is 4.77. The first kappa shape index (κ1) is 18.2. The van der Waals surface area contributed by atoms with E-state index in [4.69, 9.17) is 0 Å². The minimum absolute atomic E-state index is 0.248. The third-order valence-electron chi connectivity index (χ3n) is 4.99. The van der Waals surface area contributed by atoms with Crippen molar-refractivity contribution in [2.24, 2.45) is 0 Å². The molecule has 8 heteroatoms. The minimum atomic E-state index is -4.37. The third-order valence-corrected chi connectivity index (χ3v) is 6.04. The molecule has 3 aromatic rings. The predicted molar refractivity (Wildman–Crippen MR) is 97.3 cm³/mol. The Labute approximate surface area is 158 Å². The van der Waals surface area contributed by atoms with Crippen molar-refractivity contribution in [2.75, 3.05) is 13.1 Å². The molecule has 1 fully saturated rings. The first-order valence-corrected chi connectivity index (χ1v) is 9.58. The van der Waals surface area contributed by atoms with Crippen molar-refractivity contribution in [2.45, 2.75) is 31.5 Å². The maximum absolute atomic E-state index is 12.8. The molecule has 0 amide bonds. The van der Waals surface area contributed by atoms with Crippen molar-refractivity contribution >= 4 is 21.6 Å². The van der Waals surface area contributed by atoms with E-state index in [-0.39, 0.29) is 5.92 Å². The number of piperidine rings is 1. The molecule has 1 aliphatic rings. The molecule has 0 bridgehead atoms. The van der Waals surface area contributed by atoms with Crippen molar-refractivity contribution in [3.8, 4) is 0 Å². The molecule has 1 aliphatic heterocycles. The summed E-state index contributed by atoms with van der Waals surface area (Å²) in [5, 5.41) is 11.9. The average molecular weight is 393 g/mol. The lowest BCUT2D eigenvalue weighted by Gasteiger charge is -2.30. The maximum Gasteiger partial charge on any atom is 0.417 e. The first-order valence-electron chi connectivity index (χ1n) is 8.76. The Balaban J connectivity index is 1.42. The Morgan fingerprint density at radius 2 is 2.00 bits per heavy atom. The number of nitrogens with zero attached hydrogens (tertiary/aromatic N) is 3. The van der Waals surface area contributed by atoms with Gasteiger partial charge in [0.25, 0.3) is 0 Å².